The third kappa shape index (κ3) is 3.97. The molecule has 188 valence electrons. The fourth-order valence-corrected chi connectivity index (χ4v) is 5.43. The van der Waals surface area contributed by atoms with Gasteiger partial charge < -0.3 is 14.7 Å². The lowest BCUT2D eigenvalue weighted by Gasteiger charge is -2.43. The highest BCUT2D eigenvalue weighted by Crippen LogP contribution is 2.49. The molecular weight excluding hydrogens is 498 g/mol. The monoisotopic (exact) mass is 520 g/mol. The molecule has 0 saturated carbocycles. The molecule has 0 unspecified atom stereocenters. The van der Waals surface area contributed by atoms with Gasteiger partial charge in [-0.05, 0) is 30.7 Å². The maximum absolute atomic E-state index is 16.0. The summed E-state index contributed by atoms with van der Waals surface area (Å²) < 4.78 is 36.8. The van der Waals surface area contributed by atoms with Crippen LogP contribution in [0.3, 0.4) is 0 Å². The lowest BCUT2D eigenvalue weighted by molar-refractivity contribution is 0.198. The molecule has 1 N–H and O–H groups in total. The number of phenolic OH excluding ortho intramolecular Hbond substituents is 1. The van der Waals surface area contributed by atoms with E-state index in [1.165, 1.54) is 24.0 Å². The fraction of sp³-hybridized carbons (Fsp3) is 0.214. The molecular formula is C28H23ClF2N4O2. The highest BCUT2D eigenvalue weighted by atomic mass is 35.5. The number of anilines is 1. The largest absolute Gasteiger partial charge is 0.507 e. The summed E-state index contributed by atoms with van der Waals surface area (Å²) in [5, 5.41) is 10.5. The van der Waals surface area contributed by atoms with E-state index in [4.69, 9.17) is 16.3 Å². The maximum Gasteiger partial charge on any atom is 0.159 e. The second kappa shape index (κ2) is 9.28. The van der Waals surface area contributed by atoms with Gasteiger partial charge in [-0.2, -0.15) is 0 Å². The number of ether oxygens (including phenoxy) is 1. The predicted octanol–water partition coefficient (Wildman–Crippen LogP) is 5.92. The van der Waals surface area contributed by atoms with Crippen LogP contribution in [0.2, 0.25) is 5.02 Å². The first-order valence-electron chi connectivity index (χ1n) is 11.9. The second-order valence-electron chi connectivity index (χ2n) is 9.24. The van der Waals surface area contributed by atoms with Gasteiger partial charge in [-0.25, -0.2) is 18.7 Å². The van der Waals surface area contributed by atoms with Gasteiger partial charge in [-0.15, -0.1) is 0 Å². The number of hydrogen-bond donors (Lipinski definition) is 1. The Balaban J connectivity index is 1.47. The van der Waals surface area contributed by atoms with E-state index in [1.807, 2.05) is 24.3 Å². The number of nitrogens with zero attached hydrogens (tertiary/aromatic N) is 4. The Morgan fingerprint density at radius 1 is 1.08 bits per heavy atom. The van der Waals surface area contributed by atoms with E-state index in [-0.39, 0.29) is 40.1 Å². The summed E-state index contributed by atoms with van der Waals surface area (Å²) in [5.41, 5.74) is 1.51. The van der Waals surface area contributed by atoms with Gasteiger partial charge in [0.15, 0.2) is 11.6 Å². The Morgan fingerprint density at radius 3 is 2.68 bits per heavy atom. The zero-order valence-electron chi connectivity index (χ0n) is 20.0. The van der Waals surface area contributed by atoms with Gasteiger partial charge in [0.25, 0.3) is 0 Å². The lowest BCUT2D eigenvalue weighted by Crippen LogP contribution is -2.50. The molecule has 2 aliphatic rings. The van der Waals surface area contributed by atoms with Crippen LogP contribution < -0.4 is 9.64 Å². The van der Waals surface area contributed by atoms with Crippen LogP contribution in [0.1, 0.15) is 12.5 Å². The van der Waals surface area contributed by atoms with Crippen molar-refractivity contribution in [1.82, 2.24) is 14.9 Å². The average molecular weight is 521 g/mol. The van der Waals surface area contributed by atoms with Crippen LogP contribution in [-0.2, 0) is 6.54 Å². The smallest absolute Gasteiger partial charge is 0.159 e. The molecule has 0 spiro atoms. The van der Waals surface area contributed by atoms with Crippen molar-refractivity contribution in [2.75, 3.05) is 24.6 Å². The van der Waals surface area contributed by atoms with Crippen LogP contribution in [0.25, 0.3) is 22.0 Å². The first-order valence-corrected chi connectivity index (χ1v) is 12.3. The summed E-state index contributed by atoms with van der Waals surface area (Å²) in [6.07, 6.45) is 3.24. The number of benzene rings is 3. The molecule has 0 radical (unpaired) electrons. The molecule has 37 heavy (non-hydrogen) atoms. The number of aromatic nitrogens is 2. The van der Waals surface area contributed by atoms with Gasteiger partial charge in [0, 0.05) is 36.9 Å². The highest BCUT2D eigenvalue weighted by molar-refractivity contribution is 6.36. The summed E-state index contributed by atoms with van der Waals surface area (Å²) in [6, 6.07) is 14.2. The Kier molecular flexibility index (Phi) is 5.93. The Hall–Kier alpha value is -3.75. The minimum atomic E-state index is -0.849. The van der Waals surface area contributed by atoms with Gasteiger partial charge >= 0.3 is 0 Å². The Bertz CT molecular complexity index is 1530. The fourth-order valence-electron chi connectivity index (χ4n) is 5.10. The first-order chi connectivity index (χ1) is 17.9. The highest BCUT2D eigenvalue weighted by Gasteiger charge is 2.34. The molecule has 0 bridgehead atoms. The summed E-state index contributed by atoms with van der Waals surface area (Å²) in [6.45, 7) is 4.36. The van der Waals surface area contributed by atoms with Crippen LogP contribution in [0, 0.1) is 11.6 Å². The molecule has 0 aliphatic carbocycles. The number of piperazine rings is 1. The van der Waals surface area contributed by atoms with E-state index in [1.54, 1.807) is 0 Å². The minimum Gasteiger partial charge on any atom is -0.507 e. The van der Waals surface area contributed by atoms with Crippen molar-refractivity contribution in [3.05, 3.63) is 88.9 Å². The van der Waals surface area contributed by atoms with Crippen molar-refractivity contribution < 1.29 is 18.6 Å². The summed E-state index contributed by atoms with van der Waals surface area (Å²) >= 11 is 6.67. The number of phenols is 1. The summed E-state index contributed by atoms with van der Waals surface area (Å²) in [4.78, 5) is 13.1. The zero-order valence-corrected chi connectivity index (χ0v) is 20.7. The number of aromatic hydroxyl groups is 1. The molecule has 1 saturated heterocycles. The molecule has 3 heterocycles. The van der Waals surface area contributed by atoms with Crippen LogP contribution >= 0.6 is 11.6 Å². The SMILES string of the molecule is C[C@@H]1CN2/C(=C\COc3c(Cl)c(-c4c(O)cccc4F)c(F)c4ncnc2c34)CN1Cc1ccccc1. The Labute approximate surface area is 217 Å². The van der Waals surface area contributed by atoms with E-state index in [2.05, 4.69) is 38.8 Å². The normalized spacial score (nSPS) is 19.0. The van der Waals surface area contributed by atoms with Crippen molar-refractivity contribution in [3.8, 4) is 22.6 Å². The van der Waals surface area contributed by atoms with Crippen molar-refractivity contribution >= 4 is 28.3 Å². The molecule has 9 heteroatoms. The quantitative estimate of drug-likeness (QED) is 0.362. The number of rotatable bonds is 3. The topological polar surface area (TPSA) is 61.7 Å². The van der Waals surface area contributed by atoms with Gasteiger partial charge in [-0.3, -0.25) is 4.90 Å². The van der Waals surface area contributed by atoms with E-state index in [0.29, 0.717) is 24.3 Å². The molecule has 6 nitrogen and oxygen atoms in total. The average Bonchev–Trinajstić information content (AvgIpc) is 2.88. The molecule has 1 fully saturated rings. The van der Waals surface area contributed by atoms with Crippen molar-refractivity contribution in [1.29, 1.82) is 0 Å². The predicted molar refractivity (Wildman–Crippen MR) is 139 cm³/mol. The molecule has 6 rings (SSSR count). The lowest BCUT2D eigenvalue weighted by atomic mass is 9.99. The Morgan fingerprint density at radius 2 is 1.89 bits per heavy atom. The third-order valence-corrected chi connectivity index (χ3v) is 7.32. The minimum absolute atomic E-state index is 0.0531. The second-order valence-corrected chi connectivity index (χ2v) is 9.62. The summed E-state index contributed by atoms with van der Waals surface area (Å²) in [7, 11) is 0. The molecule has 4 aromatic rings. The van der Waals surface area contributed by atoms with Crippen molar-refractivity contribution in [2.24, 2.45) is 0 Å². The molecule has 0 amide bonds. The number of halogens is 3. The van der Waals surface area contributed by atoms with Gasteiger partial charge in [0.1, 0.15) is 35.8 Å². The maximum atomic E-state index is 16.0. The van der Waals surface area contributed by atoms with Crippen LogP contribution in [0.4, 0.5) is 14.6 Å². The van der Waals surface area contributed by atoms with E-state index >= 15 is 4.39 Å². The molecule has 2 aliphatic heterocycles. The zero-order chi connectivity index (χ0) is 25.7. The van der Waals surface area contributed by atoms with Crippen molar-refractivity contribution in [2.45, 2.75) is 19.5 Å². The standard InChI is InChI=1S/C28H23ClF2N4O2/c1-16-12-35-18(14-34(16)13-17-6-3-2-4-7-17)10-11-37-27-23-26(32-15-33-28(23)35)25(31)22(24(27)29)21-19(30)8-5-9-20(21)36/h2-10,15-16,36H,11-14H2,1H3/b18-10-/t16-/m1/s1. The van der Waals surface area contributed by atoms with Crippen molar-refractivity contribution in [3.63, 3.8) is 0 Å². The summed E-state index contributed by atoms with van der Waals surface area (Å²) in [5.74, 6) is -1.46. The van der Waals surface area contributed by atoms with E-state index < -0.39 is 17.4 Å². The van der Waals surface area contributed by atoms with E-state index in [0.717, 1.165) is 18.3 Å². The van der Waals surface area contributed by atoms with Crippen LogP contribution in [-0.4, -0.2) is 45.7 Å². The van der Waals surface area contributed by atoms with Crippen LogP contribution in [0.15, 0.2) is 66.6 Å². The van der Waals surface area contributed by atoms with Gasteiger partial charge in [0.05, 0.1) is 16.0 Å². The third-order valence-electron chi connectivity index (χ3n) is 6.95. The van der Waals surface area contributed by atoms with Crippen LogP contribution in [0.5, 0.6) is 11.5 Å². The first kappa shape index (κ1) is 23.6. The number of fused-ring (bicyclic) bond motifs is 2. The molecule has 1 aromatic heterocycles. The van der Waals surface area contributed by atoms with Gasteiger partial charge in [-0.1, -0.05) is 48.0 Å². The van der Waals surface area contributed by atoms with Gasteiger partial charge in [0.2, 0.25) is 0 Å². The molecule has 1 atom stereocenters. The van der Waals surface area contributed by atoms with E-state index in [9.17, 15) is 9.50 Å². The molecule has 3 aromatic carbocycles. The number of hydrogen-bond acceptors (Lipinski definition) is 6.